The van der Waals surface area contributed by atoms with Crippen LogP contribution >= 0.6 is 11.3 Å². The second-order valence-electron chi connectivity index (χ2n) is 7.28. The van der Waals surface area contributed by atoms with Crippen LogP contribution in [-0.2, 0) is 6.54 Å². The topological polar surface area (TPSA) is 67.9 Å². The Balaban J connectivity index is 1.34. The molecule has 0 N–H and O–H groups in total. The van der Waals surface area contributed by atoms with E-state index in [1.165, 1.54) is 10.9 Å². The van der Waals surface area contributed by atoms with Gasteiger partial charge in [0.05, 0.1) is 22.6 Å². The SMILES string of the molecule is Cc1ncsc1-c1nnc([C@@H]2CCCN(Cc3cccc4cccnc34)C2)o1. The first-order valence-corrected chi connectivity index (χ1v) is 10.4. The van der Waals surface area contributed by atoms with Gasteiger partial charge in [0.25, 0.3) is 5.89 Å². The third kappa shape index (κ3) is 3.31. The molecule has 0 amide bonds. The van der Waals surface area contributed by atoms with Crippen LogP contribution in [0.15, 0.2) is 46.5 Å². The molecule has 0 spiro atoms. The predicted molar refractivity (Wildman–Crippen MR) is 109 cm³/mol. The number of aryl methyl sites for hydroxylation is 1. The highest BCUT2D eigenvalue weighted by Gasteiger charge is 2.27. The van der Waals surface area contributed by atoms with E-state index in [0.717, 1.165) is 54.5 Å². The smallest absolute Gasteiger partial charge is 0.259 e. The number of para-hydroxylation sites is 1. The molecule has 0 saturated carbocycles. The van der Waals surface area contributed by atoms with Crippen LogP contribution in [0.5, 0.6) is 0 Å². The Morgan fingerprint density at radius 1 is 1.18 bits per heavy atom. The number of thiazole rings is 1. The fourth-order valence-corrected chi connectivity index (χ4v) is 4.66. The maximum atomic E-state index is 6.03. The zero-order valence-corrected chi connectivity index (χ0v) is 16.5. The van der Waals surface area contributed by atoms with E-state index < -0.39 is 0 Å². The van der Waals surface area contributed by atoms with E-state index in [0.29, 0.717) is 5.89 Å². The molecule has 4 heterocycles. The molecule has 0 radical (unpaired) electrons. The number of rotatable bonds is 4. The molecule has 3 aromatic heterocycles. The van der Waals surface area contributed by atoms with Crippen LogP contribution < -0.4 is 0 Å². The zero-order chi connectivity index (χ0) is 18.9. The van der Waals surface area contributed by atoms with Crippen molar-refractivity contribution in [2.24, 2.45) is 0 Å². The largest absolute Gasteiger partial charge is 0.419 e. The second kappa shape index (κ2) is 7.41. The number of nitrogens with zero attached hydrogens (tertiary/aromatic N) is 5. The highest BCUT2D eigenvalue weighted by molar-refractivity contribution is 7.13. The van der Waals surface area contributed by atoms with Crippen molar-refractivity contribution in [3.63, 3.8) is 0 Å². The fraction of sp³-hybridized carbons (Fsp3) is 0.333. The van der Waals surface area contributed by atoms with E-state index in [4.69, 9.17) is 4.42 Å². The predicted octanol–water partition coefficient (Wildman–Crippen LogP) is 4.43. The van der Waals surface area contributed by atoms with Crippen LogP contribution in [0.2, 0.25) is 0 Å². The van der Waals surface area contributed by atoms with Gasteiger partial charge in [0, 0.05) is 24.7 Å². The minimum Gasteiger partial charge on any atom is -0.419 e. The van der Waals surface area contributed by atoms with Gasteiger partial charge in [-0.2, -0.15) is 0 Å². The number of benzene rings is 1. The number of hydrogen-bond donors (Lipinski definition) is 0. The first-order chi connectivity index (χ1) is 13.8. The molecule has 5 rings (SSSR count). The van der Waals surface area contributed by atoms with E-state index in [2.05, 4.69) is 49.3 Å². The van der Waals surface area contributed by atoms with Crippen molar-refractivity contribution in [3.8, 4) is 10.8 Å². The van der Waals surface area contributed by atoms with Crippen molar-refractivity contribution in [1.29, 1.82) is 0 Å². The lowest BCUT2D eigenvalue weighted by atomic mass is 9.97. The molecular weight excluding hydrogens is 370 g/mol. The molecule has 1 saturated heterocycles. The summed E-state index contributed by atoms with van der Waals surface area (Å²) in [6.07, 6.45) is 4.07. The monoisotopic (exact) mass is 391 g/mol. The van der Waals surface area contributed by atoms with Crippen molar-refractivity contribution in [2.45, 2.75) is 32.2 Å². The summed E-state index contributed by atoms with van der Waals surface area (Å²) in [6, 6.07) is 10.5. The first kappa shape index (κ1) is 17.5. The number of piperidine rings is 1. The van der Waals surface area contributed by atoms with Gasteiger partial charge in [0.2, 0.25) is 5.89 Å². The average molecular weight is 392 g/mol. The van der Waals surface area contributed by atoms with Crippen LogP contribution in [0.1, 0.15) is 35.9 Å². The number of fused-ring (bicyclic) bond motifs is 1. The minimum atomic E-state index is 0.270. The van der Waals surface area contributed by atoms with E-state index >= 15 is 0 Å². The summed E-state index contributed by atoms with van der Waals surface area (Å²) in [7, 11) is 0. The molecule has 142 valence electrons. The first-order valence-electron chi connectivity index (χ1n) is 9.57. The molecule has 4 aromatic rings. The Bertz CT molecular complexity index is 1100. The van der Waals surface area contributed by atoms with Gasteiger partial charge in [-0.05, 0) is 37.9 Å². The van der Waals surface area contributed by atoms with Gasteiger partial charge >= 0.3 is 0 Å². The molecule has 6 nitrogen and oxygen atoms in total. The zero-order valence-electron chi connectivity index (χ0n) is 15.7. The Morgan fingerprint density at radius 2 is 2.11 bits per heavy atom. The summed E-state index contributed by atoms with van der Waals surface area (Å²) >= 11 is 1.54. The second-order valence-corrected chi connectivity index (χ2v) is 8.13. The summed E-state index contributed by atoms with van der Waals surface area (Å²) in [4.78, 5) is 12.3. The van der Waals surface area contributed by atoms with Gasteiger partial charge in [-0.25, -0.2) is 4.98 Å². The van der Waals surface area contributed by atoms with Gasteiger partial charge in [0.15, 0.2) is 0 Å². The van der Waals surface area contributed by atoms with Crippen molar-refractivity contribution in [1.82, 2.24) is 25.1 Å². The van der Waals surface area contributed by atoms with Gasteiger partial charge in [0.1, 0.15) is 4.88 Å². The molecule has 7 heteroatoms. The lowest BCUT2D eigenvalue weighted by Crippen LogP contribution is -2.34. The van der Waals surface area contributed by atoms with E-state index in [1.54, 1.807) is 11.3 Å². The van der Waals surface area contributed by atoms with Crippen molar-refractivity contribution < 1.29 is 4.42 Å². The van der Waals surface area contributed by atoms with Crippen LogP contribution in [0.3, 0.4) is 0 Å². The molecule has 0 bridgehead atoms. The average Bonchev–Trinajstić information content (AvgIpc) is 3.37. The Hall–Kier alpha value is -2.64. The standard InChI is InChI=1S/C21H21N5OS/c1-14-19(28-13-23-14)21-25-24-20(27-21)17-8-4-10-26(12-17)11-16-6-2-5-15-7-3-9-22-18(15)16/h2-3,5-7,9,13,17H,4,8,10-12H2,1H3/t17-/m1/s1. The quantitative estimate of drug-likeness (QED) is 0.513. The van der Waals surface area contributed by atoms with E-state index in [-0.39, 0.29) is 5.92 Å². The summed E-state index contributed by atoms with van der Waals surface area (Å²) in [5.41, 5.74) is 5.11. The van der Waals surface area contributed by atoms with Crippen LogP contribution in [0.25, 0.3) is 21.7 Å². The van der Waals surface area contributed by atoms with Crippen molar-refractivity contribution in [3.05, 3.63) is 59.2 Å². The lowest BCUT2D eigenvalue weighted by molar-refractivity contribution is 0.187. The Kier molecular flexibility index (Phi) is 4.62. The normalized spacial score (nSPS) is 18.0. The maximum Gasteiger partial charge on any atom is 0.259 e. The summed E-state index contributed by atoms with van der Waals surface area (Å²) < 4.78 is 6.03. The molecule has 0 unspecified atom stereocenters. The molecule has 0 aliphatic carbocycles. The van der Waals surface area contributed by atoms with Crippen LogP contribution in [-0.4, -0.2) is 38.2 Å². The molecular formula is C21H21N5OS. The Labute approximate surface area is 167 Å². The van der Waals surface area contributed by atoms with E-state index in [9.17, 15) is 0 Å². The van der Waals surface area contributed by atoms with Crippen molar-refractivity contribution in [2.75, 3.05) is 13.1 Å². The maximum absolute atomic E-state index is 6.03. The molecule has 1 aliphatic rings. The van der Waals surface area contributed by atoms with Crippen LogP contribution in [0, 0.1) is 6.92 Å². The minimum absolute atomic E-state index is 0.270. The molecule has 1 atom stereocenters. The molecule has 1 fully saturated rings. The number of hydrogen-bond acceptors (Lipinski definition) is 7. The fourth-order valence-electron chi connectivity index (χ4n) is 3.94. The van der Waals surface area contributed by atoms with Gasteiger partial charge in [-0.15, -0.1) is 21.5 Å². The van der Waals surface area contributed by atoms with Gasteiger partial charge < -0.3 is 4.42 Å². The molecule has 1 aliphatic heterocycles. The number of aromatic nitrogens is 4. The van der Waals surface area contributed by atoms with Gasteiger partial charge in [-0.3, -0.25) is 9.88 Å². The molecule has 28 heavy (non-hydrogen) atoms. The summed E-state index contributed by atoms with van der Waals surface area (Å²) in [6.45, 7) is 4.86. The number of likely N-dealkylation sites (tertiary alicyclic amines) is 1. The summed E-state index contributed by atoms with van der Waals surface area (Å²) in [5, 5.41) is 9.81. The highest BCUT2D eigenvalue weighted by atomic mass is 32.1. The van der Waals surface area contributed by atoms with Crippen molar-refractivity contribution >= 4 is 22.2 Å². The Morgan fingerprint density at radius 3 is 3.00 bits per heavy atom. The lowest BCUT2D eigenvalue weighted by Gasteiger charge is -2.31. The van der Waals surface area contributed by atoms with Crippen LogP contribution in [0.4, 0.5) is 0 Å². The van der Waals surface area contributed by atoms with Gasteiger partial charge in [-0.1, -0.05) is 24.3 Å². The third-order valence-corrected chi connectivity index (χ3v) is 6.26. The number of pyridine rings is 1. The third-order valence-electron chi connectivity index (χ3n) is 5.35. The molecule has 1 aromatic carbocycles. The summed E-state index contributed by atoms with van der Waals surface area (Å²) in [5.74, 6) is 1.60. The van der Waals surface area contributed by atoms with E-state index in [1.807, 2.05) is 24.7 Å². The highest BCUT2D eigenvalue weighted by Crippen LogP contribution is 2.31.